The van der Waals surface area contributed by atoms with Crippen molar-refractivity contribution in [2.45, 2.75) is 19.4 Å². The van der Waals surface area contributed by atoms with E-state index in [1.807, 2.05) is 18.2 Å². The second kappa shape index (κ2) is 10.9. The van der Waals surface area contributed by atoms with E-state index in [-0.39, 0.29) is 11.1 Å². The summed E-state index contributed by atoms with van der Waals surface area (Å²) in [6.45, 7) is 3.17. The summed E-state index contributed by atoms with van der Waals surface area (Å²) < 4.78 is 5.49. The number of imide groups is 1. The van der Waals surface area contributed by atoms with E-state index in [9.17, 15) is 9.59 Å². The molecule has 0 saturated carbocycles. The van der Waals surface area contributed by atoms with E-state index >= 15 is 0 Å². The molecule has 5 rings (SSSR count). The summed E-state index contributed by atoms with van der Waals surface area (Å²) in [6, 6.07) is 7.47. The lowest BCUT2D eigenvalue weighted by Gasteiger charge is -2.32. The Morgan fingerprint density at radius 3 is 2.75 bits per heavy atom. The molecule has 0 atom stereocenters. The maximum atomic E-state index is 11.8. The minimum atomic E-state index is -0.390. The fourth-order valence-corrected chi connectivity index (χ4v) is 4.90. The Morgan fingerprint density at radius 1 is 1.17 bits per heavy atom. The SMILES string of the molecule is COc1ccc(-c2ccn[nH]2)nc1CNCC1CCN(c2nccc(/C=C3/SC(=O)NC3=O)n2)CC1. The molecule has 0 spiro atoms. The summed E-state index contributed by atoms with van der Waals surface area (Å²) in [6.07, 6.45) is 7.02. The van der Waals surface area contributed by atoms with E-state index in [4.69, 9.17) is 9.72 Å². The number of amides is 2. The molecule has 2 fully saturated rings. The van der Waals surface area contributed by atoms with E-state index in [1.54, 1.807) is 31.6 Å². The number of H-pyrrole nitrogens is 1. The first-order chi connectivity index (χ1) is 17.6. The maximum Gasteiger partial charge on any atom is 0.290 e. The van der Waals surface area contributed by atoms with Crippen molar-refractivity contribution in [2.75, 3.05) is 31.6 Å². The predicted molar refractivity (Wildman–Crippen MR) is 136 cm³/mol. The number of hydrogen-bond acceptors (Lipinski definition) is 10. The smallest absolute Gasteiger partial charge is 0.290 e. The number of carbonyl (C=O) groups is 2. The van der Waals surface area contributed by atoms with Gasteiger partial charge in [0.1, 0.15) is 5.75 Å². The van der Waals surface area contributed by atoms with Gasteiger partial charge < -0.3 is 15.0 Å². The molecule has 2 aliphatic heterocycles. The van der Waals surface area contributed by atoms with Gasteiger partial charge in [-0.15, -0.1) is 0 Å². The summed E-state index contributed by atoms with van der Waals surface area (Å²) in [4.78, 5) is 39.4. The summed E-state index contributed by atoms with van der Waals surface area (Å²) in [7, 11) is 1.65. The van der Waals surface area contributed by atoms with Crippen LogP contribution in [-0.2, 0) is 11.3 Å². The highest BCUT2D eigenvalue weighted by Gasteiger charge is 2.26. The number of carbonyl (C=O) groups excluding carboxylic acids is 2. The van der Waals surface area contributed by atoms with Gasteiger partial charge >= 0.3 is 0 Å². The first-order valence-corrected chi connectivity index (χ1v) is 12.5. The maximum absolute atomic E-state index is 11.8. The Balaban J connectivity index is 1.14. The molecule has 3 aromatic rings. The topological polar surface area (TPSA) is 138 Å². The predicted octanol–water partition coefficient (Wildman–Crippen LogP) is 2.60. The highest BCUT2D eigenvalue weighted by Crippen LogP contribution is 2.26. The monoisotopic (exact) mass is 506 g/mol. The van der Waals surface area contributed by atoms with E-state index in [2.05, 4.69) is 35.7 Å². The van der Waals surface area contributed by atoms with Crippen LogP contribution in [0, 0.1) is 5.92 Å². The van der Waals surface area contributed by atoms with E-state index in [0.717, 1.165) is 67.1 Å². The Bertz CT molecular complexity index is 1270. The van der Waals surface area contributed by atoms with Crippen molar-refractivity contribution in [2.24, 2.45) is 5.92 Å². The molecule has 186 valence electrons. The van der Waals surface area contributed by atoms with Crippen LogP contribution in [0.2, 0.25) is 0 Å². The highest BCUT2D eigenvalue weighted by atomic mass is 32.2. The van der Waals surface area contributed by atoms with E-state index in [1.165, 1.54) is 0 Å². The molecule has 12 heteroatoms. The van der Waals surface area contributed by atoms with Crippen LogP contribution in [-0.4, -0.2) is 63.0 Å². The number of thioether (sulfide) groups is 1. The molecule has 0 aromatic carbocycles. The molecule has 3 N–H and O–H groups in total. The third-order valence-electron chi connectivity index (χ3n) is 6.14. The number of aromatic nitrogens is 5. The van der Waals surface area contributed by atoms with Crippen LogP contribution in [0.4, 0.5) is 10.7 Å². The van der Waals surface area contributed by atoms with Crippen LogP contribution in [0.25, 0.3) is 17.5 Å². The number of hydrogen-bond donors (Lipinski definition) is 3. The molecule has 0 radical (unpaired) electrons. The molecular weight excluding hydrogens is 480 g/mol. The van der Waals surface area contributed by atoms with Gasteiger partial charge in [-0.1, -0.05) is 0 Å². The van der Waals surface area contributed by atoms with Gasteiger partial charge in [0.2, 0.25) is 5.95 Å². The second-order valence-electron chi connectivity index (χ2n) is 8.51. The van der Waals surface area contributed by atoms with Crippen LogP contribution in [0.3, 0.4) is 0 Å². The van der Waals surface area contributed by atoms with Gasteiger partial charge in [-0.2, -0.15) is 5.10 Å². The summed E-state index contributed by atoms with van der Waals surface area (Å²) in [5, 5.41) is 12.4. The van der Waals surface area contributed by atoms with Gasteiger partial charge in [-0.3, -0.25) is 20.0 Å². The van der Waals surface area contributed by atoms with Gasteiger partial charge in [-0.05, 0) is 67.4 Å². The fraction of sp³-hybridized carbons (Fsp3) is 0.333. The number of nitrogens with zero attached hydrogens (tertiary/aromatic N) is 5. The number of methoxy groups -OCH3 is 1. The molecule has 0 aliphatic carbocycles. The zero-order chi connectivity index (χ0) is 24.9. The largest absolute Gasteiger partial charge is 0.495 e. The summed E-state index contributed by atoms with van der Waals surface area (Å²) >= 11 is 0.882. The third kappa shape index (κ3) is 5.55. The van der Waals surface area contributed by atoms with Crippen molar-refractivity contribution in [3.8, 4) is 17.1 Å². The normalized spacial score (nSPS) is 17.6. The van der Waals surface area contributed by atoms with Gasteiger partial charge in [-0.25, -0.2) is 15.0 Å². The number of rotatable bonds is 8. The molecule has 2 aliphatic rings. The molecule has 3 aromatic heterocycles. The van der Waals surface area contributed by atoms with Gasteiger partial charge in [0.05, 0.1) is 34.8 Å². The average Bonchev–Trinajstić information content (AvgIpc) is 3.54. The number of piperidine rings is 1. The van der Waals surface area contributed by atoms with Crippen LogP contribution >= 0.6 is 11.8 Å². The highest BCUT2D eigenvalue weighted by molar-refractivity contribution is 8.18. The van der Waals surface area contributed by atoms with Gasteiger partial charge in [0.25, 0.3) is 11.1 Å². The van der Waals surface area contributed by atoms with Crippen LogP contribution in [0.1, 0.15) is 24.2 Å². The average molecular weight is 507 g/mol. The minimum absolute atomic E-state index is 0.343. The van der Waals surface area contributed by atoms with Crippen molar-refractivity contribution in [1.29, 1.82) is 0 Å². The van der Waals surface area contributed by atoms with Crippen molar-refractivity contribution in [1.82, 2.24) is 35.8 Å². The lowest BCUT2D eigenvalue weighted by molar-refractivity contribution is -0.115. The molecule has 36 heavy (non-hydrogen) atoms. The van der Waals surface area contributed by atoms with Gasteiger partial charge in [0.15, 0.2) is 0 Å². The lowest BCUT2D eigenvalue weighted by Crippen LogP contribution is -2.38. The molecule has 11 nitrogen and oxygen atoms in total. The number of anilines is 1. The van der Waals surface area contributed by atoms with Crippen molar-refractivity contribution >= 4 is 34.9 Å². The number of aromatic amines is 1. The molecule has 2 saturated heterocycles. The molecule has 2 amide bonds. The van der Waals surface area contributed by atoms with Crippen LogP contribution in [0.5, 0.6) is 5.75 Å². The Labute approximate surface area is 212 Å². The number of nitrogens with one attached hydrogen (secondary N) is 3. The van der Waals surface area contributed by atoms with Crippen LogP contribution < -0.4 is 20.3 Å². The lowest BCUT2D eigenvalue weighted by atomic mass is 9.97. The minimum Gasteiger partial charge on any atom is -0.495 e. The molecule has 5 heterocycles. The first kappa shape index (κ1) is 23.9. The fourth-order valence-electron chi connectivity index (χ4n) is 4.23. The second-order valence-corrected chi connectivity index (χ2v) is 9.53. The zero-order valence-electron chi connectivity index (χ0n) is 19.7. The van der Waals surface area contributed by atoms with Crippen molar-refractivity contribution < 1.29 is 14.3 Å². The Morgan fingerprint density at radius 2 is 2.03 bits per heavy atom. The van der Waals surface area contributed by atoms with Crippen molar-refractivity contribution in [3.05, 3.63) is 53.0 Å². The first-order valence-electron chi connectivity index (χ1n) is 11.7. The van der Waals surface area contributed by atoms with Gasteiger partial charge in [0, 0.05) is 32.0 Å². The van der Waals surface area contributed by atoms with E-state index < -0.39 is 0 Å². The van der Waals surface area contributed by atoms with Crippen LogP contribution in [0.15, 0.2) is 41.6 Å². The third-order valence-corrected chi connectivity index (χ3v) is 6.95. The molecule has 0 unspecified atom stereocenters. The van der Waals surface area contributed by atoms with Crippen molar-refractivity contribution in [3.63, 3.8) is 0 Å². The quantitative estimate of drug-likeness (QED) is 0.391. The Hall–Kier alpha value is -3.77. The standard InChI is InChI=1S/C24H26N8O3S/c1-35-20-3-2-17(18-5-9-27-31-18)29-19(20)14-25-13-15-6-10-32(11-7-15)23-26-8-4-16(28-23)12-21-22(33)30-24(34)36-21/h2-5,8-9,12,15,25H,6-7,10-11,13-14H2,1H3,(H,27,31)(H,30,33,34)/b21-12+. The molecule has 0 bridgehead atoms. The van der Waals surface area contributed by atoms with E-state index in [0.29, 0.717) is 29.0 Å². The summed E-state index contributed by atoms with van der Waals surface area (Å²) in [5.74, 6) is 1.53. The Kier molecular flexibility index (Phi) is 7.23. The zero-order valence-corrected chi connectivity index (χ0v) is 20.5. The molecular formula is C24H26N8O3S. The number of pyridine rings is 1. The summed E-state index contributed by atoms with van der Waals surface area (Å²) in [5.41, 5.74) is 3.16. The number of ether oxygens (including phenoxy) is 1.